The standard InChI is InChI=1S/C13H11FN4O2S/c14-9-4-2-1-3-8(9)13(20)16-11-5-6-12(18-17-11)21-7-10(15)19/h1-6H,7H2,(H2,15,19)(H,16,17,20). The van der Waals surface area contributed by atoms with Crippen molar-refractivity contribution in [2.24, 2.45) is 5.73 Å². The number of carbonyl (C=O) groups excluding carboxylic acids is 2. The summed E-state index contributed by atoms with van der Waals surface area (Å²) in [6, 6.07) is 8.72. The minimum atomic E-state index is -0.614. The maximum absolute atomic E-state index is 13.4. The van der Waals surface area contributed by atoms with Crippen LogP contribution < -0.4 is 11.1 Å². The first-order chi connectivity index (χ1) is 10.1. The number of hydrogen-bond acceptors (Lipinski definition) is 5. The van der Waals surface area contributed by atoms with Crippen molar-refractivity contribution in [1.82, 2.24) is 10.2 Å². The third-order valence-corrected chi connectivity index (χ3v) is 3.30. The predicted octanol–water partition coefficient (Wildman–Crippen LogP) is 1.45. The molecule has 3 N–H and O–H groups in total. The number of primary amides is 1. The van der Waals surface area contributed by atoms with E-state index in [1.165, 1.54) is 24.3 Å². The van der Waals surface area contributed by atoms with Crippen LogP contribution in [-0.2, 0) is 4.79 Å². The van der Waals surface area contributed by atoms with E-state index in [2.05, 4.69) is 15.5 Å². The number of amides is 2. The number of carbonyl (C=O) groups is 2. The molecule has 0 unspecified atom stereocenters. The van der Waals surface area contributed by atoms with Crippen LogP contribution in [0.2, 0.25) is 0 Å². The number of halogens is 1. The van der Waals surface area contributed by atoms with Gasteiger partial charge in [-0.1, -0.05) is 23.9 Å². The molecule has 21 heavy (non-hydrogen) atoms. The van der Waals surface area contributed by atoms with E-state index in [1.54, 1.807) is 12.1 Å². The number of rotatable bonds is 5. The minimum absolute atomic E-state index is 0.0773. The molecule has 1 aromatic heterocycles. The molecule has 0 aliphatic carbocycles. The van der Waals surface area contributed by atoms with E-state index in [-0.39, 0.29) is 17.1 Å². The molecule has 2 aromatic rings. The summed E-state index contributed by atoms with van der Waals surface area (Å²) in [5.41, 5.74) is 4.94. The number of benzene rings is 1. The number of thioether (sulfide) groups is 1. The topological polar surface area (TPSA) is 98.0 Å². The second-order valence-electron chi connectivity index (χ2n) is 3.95. The van der Waals surface area contributed by atoms with Gasteiger partial charge in [-0.15, -0.1) is 10.2 Å². The van der Waals surface area contributed by atoms with Crippen LogP contribution in [0.4, 0.5) is 10.2 Å². The molecule has 0 aliphatic rings. The third-order valence-electron chi connectivity index (χ3n) is 2.36. The highest BCUT2D eigenvalue weighted by Gasteiger charge is 2.11. The van der Waals surface area contributed by atoms with E-state index in [4.69, 9.17) is 5.73 Å². The van der Waals surface area contributed by atoms with Gasteiger partial charge in [0.2, 0.25) is 5.91 Å². The normalized spacial score (nSPS) is 10.1. The van der Waals surface area contributed by atoms with Gasteiger partial charge in [0.25, 0.3) is 5.91 Å². The van der Waals surface area contributed by atoms with Gasteiger partial charge in [0.05, 0.1) is 11.3 Å². The van der Waals surface area contributed by atoms with Gasteiger partial charge in [-0.05, 0) is 24.3 Å². The average Bonchev–Trinajstić information content (AvgIpc) is 2.47. The Bertz CT molecular complexity index is 663. The Morgan fingerprint density at radius 2 is 1.95 bits per heavy atom. The van der Waals surface area contributed by atoms with Crippen molar-refractivity contribution in [3.05, 3.63) is 47.8 Å². The first-order valence-electron chi connectivity index (χ1n) is 5.87. The van der Waals surface area contributed by atoms with Gasteiger partial charge < -0.3 is 11.1 Å². The van der Waals surface area contributed by atoms with Gasteiger partial charge >= 0.3 is 0 Å². The lowest BCUT2D eigenvalue weighted by atomic mass is 10.2. The van der Waals surface area contributed by atoms with Crippen LogP contribution >= 0.6 is 11.8 Å². The van der Waals surface area contributed by atoms with E-state index in [0.29, 0.717) is 5.03 Å². The third kappa shape index (κ3) is 4.25. The molecule has 0 aliphatic heterocycles. The average molecular weight is 306 g/mol. The minimum Gasteiger partial charge on any atom is -0.369 e. The lowest BCUT2D eigenvalue weighted by molar-refractivity contribution is -0.115. The summed E-state index contributed by atoms with van der Waals surface area (Å²) in [4.78, 5) is 22.5. The second-order valence-corrected chi connectivity index (χ2v) is 4.94. The van der Waals surface area contributed by atoms with Crippen molar-refractivity contribution in [3.63, 3.8) is 0 Å². The summed E-state index contributed by atoms with van der Waals surface area (Å²) in [5, 5.41) is 10.5. The van der Waals surface area contributed by atoms with Gasteiger partial charge in [0.1, 0.15) is 10.8 Å². The van der Waals surface area contributed by atoms with Gasteiger partial charge in [-0.25, -0.2) is 4.39 Å². The maximum Gasteiger partial charge on any atom is 0.259 e. The van der Waals surface area contributed by atoms with Gasteiger partial charge in [0.15, 0.2) is 5.82 Å². The van der Waals surface area contributed by atoms with E-state index in [0.717, 1.165) is 11.8 Å². The zero-order valence-corrected chi connectivity index (χ0v) is 11.6. The molecular weight excluding hydrogens is 295 g/mol. The smallest absolute Gasteiger partial charge is 0.259 e. The highest BCUT2D eigenvalue weighted by molar-refractivity contribution is 7.99. The molecule has 0 saturated heterocycles. The molecule has 6 nitrogen and oxygen atoms in total. The quantitative estimate of drug-likeness (QED) is 0.815. The van der Waals surface area contributed by atoms with Crippen molar-refractivity contribution >= 4 is 29.4 Å². The van der Waals surface area contributed by atoms with Crippen LogP contribution in [0.25, 0.3) is 0 Å². The molecule has 0 radical (unpaired) electrons. The van der Waals surface area contributed by atoms with Crippen LogP contribution in [-0.4, -0.2) is 27.8 Å². The maximum atomic E-state index is 13.4. The SMILES string of the molecule is NC(=O)CSc1ccc(NC(=O)c2ccccc2F)nn1. The summed E-state index contributed by atoms with van der Waals surface area (Å²) in [5.74, 6) is -1.41. The Kier molecular flexibility index (Phi) is 4.83. The first-order valence-corrected chi connectivity index (χ1v) is 6.85. The second kappa shape index (κ2) is 6.80. The Morgan fingerprint density at radius 3 is 2.57 bits per heavy atom. The molecule has 1 aromatic carbocycles. The number of nitrogens with one attached hydrogen (secondary N) is 1. The first kappa shape index (κ1) is 14.9. The fourth-order valence-corrected chi connectivity index (χ4v) is 1.99. The molecule has 0 atom stereocenters. The highest BCUT2D eigenvalue weighted by Crippen LogP contribution is 2.15. The molecule has 0 spiro atoms. The predicted molar refractivity (Wildman–Crippen MR) is 76.3 cm³/mol. The fourth-order valence-electron chi connectivity index (χ4n) is 1.44. The largest absolute Gasteiger partial charge is 0.369 e. The Balaban J connectivity index is 2.02. The summed E-state index contributed by atoms with van der Waals surface area (Å²) < 4.78 is 13.4. The van der Waals surface area contributed by atoms with Crippen LogP contribution in [0, 0.1) is 5.82 Å². The monoisotopic (exact) mass is 306 g/mol. The molecule has 0 fully saturated rings. The Hall–Kier alpha value is -2.48. The van der Waals surface area contributed by atoms with Gasteiger partial charge in [-0.2, -0.15) is 0 Å². The molecule has 108 valence electrons. The highest BCUT2D eigenvalue weighted by atomic mass is 32.2. The van der Waals surface area contributed by atoms with E-state index >= 15 is 0 Å². The number of nitrogens with zero attached hydrogens (tertiary/aromatic N) is 2. The summed E-state index contributed by atoms with van der Waals surface area (Å²) in [6.07, 6.45) is 0. The number of nitrogens with two attached hydrogens (primary N) is 1. The van der Waals surface area contributed by atoms with Crippen LogP contribution in [0.3, 0.4) is 0 Å². The summed E-state index contributed by atoms with van der Waals surface area (Å²) in [6.45, 7) is 0. The van der Waals surface area contributed by atoms with E-state index in [1.807, 2.05) is 0 Å². The van der Waals surface area contributed by atoms with Crippen molar-refractivity contribution in [2.45, 2.75) is 5.03 Å². The molecule has 0 bridgehead atoms. The van der Waals surface area contributed by atoms with Crippen molar-refractivity contribution in [2.75, 3.05) is 11.1 Å². The Labute approximate surface area is 123 Å². The number of anilines is 1. The zero-order chi connectivity index (χ0) is 15.2. The lowest BCUT2D eigenvalue weighted by Gasteiger charge is -2.05. The van der Waals surface area contributed by atoms with E-state index < -0.39 is 17.6 Å². The van der Waals surface area contributed by atoms with Crippen LogP contribution in [0.5, 0.6) is 0 Å². The zero-order valence-electron chi connectivity index (χ0n) is 10.7. The molecule has 2 amide bonds. The molecule has 0 saturated carbocycles. The van der Waals surface area contributed by atoms with Gasteiger partial charge in [0, 0.05) is 0 Å². The fraction of sp³-hybridized carbons (Fsp3) is 0.0769. The lowest BCUT2D eigenvalue weighted by Crippen LogP contribution is -2.15. The molecule has 1 heterocycles. The van der Waals surface area contributed by atoms with Crippen molar-refractivity contribution in [1.29, 1.82) is 0 Å². The van der Waals surface area contributed by atoms with Crippen LogP contribution in [0.15, 0.2) is 41.4 Å². The van der Waals surface area contributed by atoms with Crippen molar-refractivity contribution in [3.8, 4) is 0 Å². The van der Waals surface area contributed by atoms with Gasteiger partial charge in [-0.3, -0.25) is 9.59 Å². The summed E-state index contributed by atoms with van der Waals surface area (Å²) in [7, 11) is 0. The van der Waals surface area contributed by atoms with Crippen LogP contribution in [0.1, 0.15) is 10.4 Å². The summed E-state index contributed by atoms with van der Waals surface area (Å²) >= 11 is 1.13. The molecule has 8 heteroatoms. The number of hydrogen-bond donors (Lipinski definition) is 2. The van der Waals surface area contributed by atoms with Crippen molar-refractivity contribution < 1.29 is 14.0 Å². The Morgan fingerprint density at radius 1 is 1.19 bits per heavy atom. The van der Waals surface area contributed by atoms with E-state index in [9.17, 15) is 14.0 Å². The number of aromatic nitrogens is 2. The molecular formula is C13H11FN4O2S. The molecule has 2 rings (SSSR count).